The Bertz CT molecular complexity index is 74.6. The van der Waals surface area contributed by atoms with Crippen LogP contribution in [0.3, 0.4) is 0 Å². The third-order valence-corrected chi connectivity index (χ3v) is 4.05. The first-order valence-corrected chi connectivity index (χ1v) is 4.96. The summed E-state index contributed by atoms with van der Waals surface area (Å²) < 4.78 is 0.517. The topological polar surface area (TPSA) is 0 Å². The molecule has 0 spiro atoms. The monoisotopic (exact) mass is 148 g/mol. The highest BCUT2D eigenvalue weighted by Gasteiger charge is 2.27. The number of hydrogen-bond donors (Lipinski definition) is 1. The molecule has 1 aliphatic rings. The maximum absolute atomic E-state index is 4.22. The molecule has 0 aliphatic heterocycles. The molecule has 1 fully saturated rings. The molecule has 0 aromatic carbocycles. The van der Waals surface area contributed by atoms with Crippen molar-refractivity contribution < 1.29 is 0 Å². The molecule has 0 bridgehead atoms. The second-order valence-corrected chi connectivity index (χ2v) is 4.46. The predicted molar refractivity (Wildman–Crippen MR) is 43.5 cm³/mol. The van der Waals surface area contributed by atoms with Crippen molar-refractivity contribution in [2.45, 2.75) is 37.4 Å². The third kappa shape index (κ3) is 1.35. The number of thiol groups is 1. The van der Waals surface area contributed by atoms with E-state index in [1.807, 2.05) is 0 Å². The fourth-order valence-corrected chi connectivity index (χ4v) is 2.23. The van der Waals surface area contributed by atoms with Gasteiger partial charge in [0.15, 0.2) is 0 Å². The first-order chi connectivity index (χ1) is 3.77. The van der Waals surface area contributed by atoms with Gasteiger partial charge < -0.3 is 0 Å². The lowest BCUT2D eigenvalue weighted by Crippen LogP contribution is -2.10. The van der Waals surface area contributed by atoms with Gasteiger partial charge in [0.2, 0.25) is 0 Å². The lowest BCUT2D eigenvalue weighted by Gasteiger charge is -2.17. The van der Waals surface area contributed by atoms with E-state index < -0.39 is 0 Å². The smallest absolute Gasteiger partial charge is 0.0233 e. The molecule has 1 saturated carbocycles. The number of rotatable bonds is 1. The van der Waals surface area contributed by atoms with E-state index >= 15 is 0 Å². The van der Waals surface area contributed by atoms with E-state index in [0.29, 0.717) is 4.75 Å². The van der Waals surface area contributed by atoms with Gasteiger partial charge in [-0.1, -0.05) is 23.6 Å². The minimum absolute atomic E-state index is 0.517. The van der Waals surface area contributed by atoms with Crippen molar-refractivity contribution in [1.29, 1.82) is 0 Å². The van der Waals surface area contributed by atoms with Crippen LogP contribution in [0.25, 0.3) is 0 Å². The van der Waals surface area contributed by atoms with Crippen LogP contribution in [-0.4, -0.2) is 4.75 Å². The fourth-order valence-electron chi connectivity index (χ4n) is 1.21. The first kappa shape index (κ1) is 6.81. The van der Waals surface area contributed by atoms with Gasteiger partial charge in [-0.15, -0.1) is 11.7 Å². The molecular formula is C6H12S2. The van der Waals surface area contributed by atoms with Crippen LogP contribution in [0.1, 0.15) is 32.6 Å². The van der Waals surface area contributed by atoms with Gasteiger partial charge in [-0.05, 0) is 19.8 Å². The number of hydrogen-bond acceptors (Lipinski definition) is 2. The van der Waals surface area contributed by atoms with Crippen LogP contribution < -0.4 is 0 Å². The van der Waals surface area contributed by atoms with Gasteiger partial charge >= 0.3 is 0 Å². The summed E-state index contributed by atoms with van der Waals surface area (Å²) in [5.74, 6) is 0. The van der Waals surface area contributed by atoms with Gasteiger partial charge in [-0.2, -0.15) is 0 Å². The molecule has 0 N–H and O–H groups in total. The zero-order valence-corrected chi connectivity index (χ0v) is 6.89. The van der Waals surface area contributed by atoms with Crippen molar-refractivity contribution in [1.82, 2.24) is 0 Å². The third-order valence-electron chi connectivity index (χ3n) is 1.88. The Hall–Kier alpha value is 0.700. The van der Waals surface area contributed by atoms with E-state index in [1.54, 1.807) is 10.8 Å². The summed E-state index contributed by atoms with van der Waals surface area (Å²) in [5.41, 5.74) is 0. The maximum atomic E-state index is 4.22. The molecule has 0 atom stereocenters. The molecule has 1 aliphatic carbocycles. The van der Waals surface area contributed by atoms with Crippen LogP contribution in [-0.2, 0) is 0 Å². The Morgan fingerprint density at radius 1 is 1.38 bits per heavy atom. The van der Waals surface area contributed by atoms with Gasteiger partial charge in [0.1, 0.15) is 0 Å². The molecule has 48 valence electrons. The second-order valence-electron chi connectivity index (χ2n) is 2.75. The minimum Gasteiger partial charge on any atom is -0.111 e. The van der Waals surface area contributed by atoms with Gasteiger partial charge in [-0.3, -0.25) is 0 Å². The van der Waals surface area contributed by atoms with Crippen molar-refractivity contribution in [2.75, 3.05) is 0 Å². The van der Waals surface area contributed by atoms with Gasteiger partial charge in [0.25, 0.3) is 0 Å². The van der Waals surface area contributed by atoms with Crippen LogP contribution in [0.4, 0.5) is 0 Å². The van der Waals surface area contributed by atoms with Crippen LogP contribution in [0.5, 0.6) is 0 Å². The summed E-state index contributed by atoms with van der Waals surface area (Å²) in [6, 6.07) is 0. The van der Waals surface area contributed by atoms with E-state index in [2.05, 4.69) is 18.6 Å². The zero-order chi connectivity index (χ0) is 6.04. The molecule has 0 amide bonds. The van der Waals surface area contributed by atoms with Gasteiger partial charge in [0, 0.05) is 4.75 Å². The molecule has 0 aromatic rings. The zero-order valence-electron chi connectivity index (χ0n) is 5.18. The average Bonchev–Trinajstić information content (AvgIpc) is 2.17. The standard InChI is InChI=1S/C6H12S2/c1-6(8-7)4-2-3-5-6/h7H,2-5H2,1H3. The summed E-state index contributed by atoms with van der Waals surface area (Å²) >= 11 is 4.22. The minimum atomic E-state index is 0.517. The Kier molecular flexibility index (Phi) is 2.15. The van der Waals surface area contributed by atoms with Crippen LogP contribution in [0.2, 0.25) is 0 Å². The largest absolute Gasteiger partial charge is 0.111 e. The fraction of sp³-hybridized carbons (Fsp3) is 1.00. The molecule has 0 radical (unpaired) electrons. The molecule has 2 heteroatoms. The summed E-state index contributed by atoms with van der Waals surface area (Å²) in [5, 5.41) is 0. The van der Waals surface area contributed by atoms with Crippen molar-refractivity contribution in [2.24, 2.45) is 0 Å². The van der Waals surface area contributed by atoms with Crippen LogP contribution >= 0.6 is 22.5 Å². The molecule has 1 rings (SSSR count). The van der Waals surface area contributed by atoms with Crippen LogP contribution in [0.15, 0.2) is 0 Å². The first-order valence-electron chi connectivity index (χ1n) is 3.09. The second kappa shape index (κ2) is 2.53. The maximum Gasteiger partial charge on any atom is 0.0233 e. The molecule has 0 unspecified atom stereocenters. The lowest BCUT2D eigenvalue weighted by atomic mass is 10.1. The molecule has 0 nitrogen and oxygen atoms in total. The summed E-state index contributed by atoms with van der Waals surface area (Å²) in [4.78, 5) is 0. The highest BCUT2D eigenvalue weighted by atomic mass is 33.1. The van der Waals surface area contributed by atoms with Crippen molar-refractivity contribution in [3.8, 4) is 0 Å². The highest BCUT2D eigenvalue weighted by Crippen LogP contribution is 2.42. The average molecular weight is 148 g/mol. The Morgan fingerprint density at radius 2 is 1.88 bits per heavy atom. The summed E-state index contributed by atoms with van der Waals surface area (Å²) in [7, 11) is 1.73. The van der Waals surface area contributed by atoms with E-state index in [1.165, 1.54) is 25.7 Å². The lowest BCUT2D eigenvalue weighted by molar-refractivity contribution is 0.678. The highest BCUT2D eigenvalue weighted by molar-refractivity contribution is 8.69. The van der Waals surface area contributed by atoms with Crippen LogP contribution in [0, 0.1) is 0 Å². The molecule has 0 saturated heterocycles. The van der Waals surface area contributed by atoms with Crippen molar-refractivity contribution in [3.63, 3.8) is 0 Å². The van der Waals surface area contributed by atoms with Crippen molar-refractivity contribution >= 4 is 22.5 Å². The van der Waals surface area contributed by atoms with E-state index in [4.69, 9.17) is 0 Å². The predicted octanol–water partition coefficient (Wildman–Crippen LogP) is 2.90. The van der Waals surface area contributed by atoms with E-state index in [0.717, 1.165) is 0 Å². The Morgan fingerprint density at radius 3 is 2.12 bits per heavy atom. The van der Waals surface area contributed by atoms with Gasteiger partial charge in [-0.25, -0.2) is 0 Å². The summed E-state index contributed by atoms with van der Waals surface area (Å²) in [6.45, 7) is 2.30. The molecule has 0 aromatic heterocycles. The SMILES string of the molecule is CC1(SS)CCCC1. The Labute approximate surface area is 60.2 Å². The Balaban J connectivity index is 2.40. The molecular weight excluding hydrogens is 136 g/mol. The molecule has 8 heavy (non-hydrogen) atoms. The van der Waals surface area contributed by atoms with Crippen molar-refractivity contribution in [3.05, 3.63) is 0 Å². The molecule has 0 heterocycles. The van der Waals surface area contributed by atoms with Gasteiger partial charge in [0.05, 0.1) is 0 Å². The van der Waals surface area contributed by atoms with E-state index in [9.17, 15) is 0 Å². The summed E-state index contributed by atoms with van der Waals surface area (Å²) in [6.07, 6.45) is 5.54. The normalized spacial score (nSPS) is 26.2. The van der Waals surface area contributed by atoms with E-state index in [-0.39, 0.29) is 0 Å². The quantitative estimate of drug-likeness (QED) is 0.441.